The van der Waals surface area contributed by atoms with Crippen molar-refractivity contribution in [1.82, 2.24) is 4.57 Å². The Morgan fingerprint density at radius 3 is 1.91 bits per heavy atom. The third kappa shape index (κ3) is 1.92. The second kappa shape index (κ2) is 5.15. The lowest BCUT2D eigenvalue weighted by atomic mass is 10.1. The van der Waals surface area contributed by atoms with Crippen LogP contribution >= 0.6 is 0 Å². The molecule has 0 unspecified atom stereocenters. The van der Waals surface area contributed by atoms with Gasteiger partial charge in [-0.1, -0.05) is 60.7 Å². The van der Waals surface area contributed by atoms with Crippen LogP contribution in [0.2, 0.25) is 0 Å². The highest BCUT2D eigenvalue weighted by Gasteiger charge is 2.11. The second-order valence-corrected chi connectivity index (χ2v) is 5.44. The van der Waals surface area contributed by atoms with Crippen molar-refractivity contribution < 1.29 is 4.79 Å². The molecule has 0 saturated heterocycles. The van der Waals surface area contributed by atoms with Gasteiger partial charge in [0, 0.05) is 33.9 Å². The molecule has 0 aliphatic carbocycles. The van der Waals surface area contributed by atoms with Crippen molar-refractivity contribution in [2.45, 2.75) is 6.54 Å². The fourth-order valence-electron chi connectivity index (χ4n) is 3.14. The van der Waals surface area contributed by atoms with E-state index in [0.29, 0.717) is 6.54 Å². The molecular weight excluding hydrogens is 270 g/mol. The number of rotatable bonds is 3. The first-order valence-corrected chi connectivity index (χ1v) is 7.37. The lowest BCUT2D eigenvalue weighted by Gasteiger charge is -2.09. The number of benzene rings is 3. The average molecular weight is 285 g/mol. The summed E-state index contributed by atoms with van der Waals surface area (Å²) in [7, 11) is 0. The van der Waals surface area contributed by atoms with Gasteiger partial charge in [-0.05, 0) is 17.7 Å². The third-order valence-electron chi connectivity index (χ3n) is 4.19. The normalized spacial score (nSPS) is 11.1. The van der Waals surface area contributed by atoms with Crippen molar-refractivity contribution in [3.63, 3.8) is 0 Å². The predicted octanol–water partition coefficient (Wildman–Crippen LogP) is 4.66. The monoisotopic (exact) mass is 285 g/mol. The number of aldehydes is 1. The van der Waals surface area contributed by atoms with E-state index in [1.165, 1.54) is 21.8 Å². The molecule has 0 spiro atoms. The van der Waals surface area contributed by atoms with Crippen LogP contribution in [-0.2, 0) is 6.54 Å². The lowest BCUT2D eigenvalue weighted by Crippen LogP contribution is -2.02. The van der Waals surface area contributed by atoms with Gasteiger partial charge in [0.05, 0.1) is 0 Å². The molecule has 22 heavy (non-hydrogen) atoms. The van der Waals surface area contributed by atoms with Crippen molar-refractivity contribution in [3.8, 4) is 0 Å². The van der Waals surface area contributed by atoms with E-state index in [1.54, 1.807) is 0 Å². The molecule has 0 fully saturated rings. The minimum absolute atomic E-state index is 0.697. The number of fused-ring (bicyclic) bond motifs is 3. The van der Waals surface area contributed by atoms with E-state index >= 15 is 0 Å². The largest absolute Gasteiger partial charge is 0.336 e. The zero-order chi connectivity index (χ0) is 14.9. The van der Waals surface area contributed by atoms with Crippen molar-refractivity contribution in [3.05, 3.63) is 83.9 Å². The molecule has 4 rings (SSSR count). The zero-order valence-electron chi connectivity index (χ0n) is 12.1. The Labute approximate surface area is 128 Å². The molecule has 0 radical (unpaired) electrons. The van der Waals surface area contributed by atoms with E-state index in [0.717, 1.165) is 17.4 Å². The van der Waals surface area contributed by atoms with Crippen LogP contribution in [0.3, 0.4) is 0 Å². The summed E-state index contributed by atoms with van der Waals surface area (Å²) in [5.41, 5.74) is 4.20. The van der Waals surface area contributed by atoms with E-state index in [4.69, 9.17) is 0 Å². The highest BCUT2D eigenvalue weighted by atomic mass is 16.1. The van der Waals surface area contributed by atoms with Crippen LogP contribution in [0.4, 0.5) is 0 Å². The quantitative estimate of drug-likeness (QED) is 0.502. The Kier molecular flexibility index (Phi) is 3.01. The van der Waals surface area contributed by atoms with Gasteiger partial charge in [-0.2, -0.15) is 0 Å². The van der Waals surface area contributed by atoms with Crippen LogP contribution in [0.15, 0.2) is 72.8 Å². The second-order valence-electron chi connectivity index (χ2n) is 5.44. The third-order valence-corrected chi connectivity index (χ3v) is 4.19. The minimum Gasteiger partial charge on any atom is -0.336 e. The first-order chi connectivity index (χ1) is 10.9. The molecule has 0 saturated carbocycles. The Hall–Kier alpha value is -2.87. The number of carbonyl (C=O) groups is 1. The molecule has 0 atom stereocenters. The predicted molar refractivity (Wildman–Crippen MR) is 90.4 cm³/mol. The summed E-state index contributed by atoms with van der Waals surface area (Å²) in [6, 6.07) is 24.6. The summed E-state index contributed by atoms with van der Waals surface area (Å²) in [4.78, 5) is 11.3. The van der Waals surface area contributed by atoms with Crippen LogP contribution in [-0.4, -0.2) is 10.9 Å². The minimum atomic E-state index is 0.697. The summed E-state index contributed by atoms with van der Waals surface area (Å²) >= 11 is 0. The molecule has 1 heterocycles. The van der Waals surface area contributed by atoms with Crippen molar-refractivity contribution in [2.24, 2.45) is 0 Å². The standard InChI is InChI=1S/C20H15NO/c22-14-16-8-2-1-7-15(16)13-21-19-11-5-3-9-17(19)18-10-4-6-12-20(18)21/h1-12,14H,13H2. The summed E-state index contributed by atoms with van der Waals surface area (Å²) in [5.74, 6) is 0. The molecule has 2 nitrogen and oxygen atoms in total. The average Bonchev–Trinajstić information content (AvgIpc) is 2.90. The van der Waals surface area contributed by atoms with Crippen LogP contribution in [0.1, 0.15) is 15.9 Å². The molecule has 0 N–H and O–H groups in total. The molecule has 0 aliphatic rings. The SMILES string of the molecule is O=Cc1ccccc1Cn1c2ccccc2c2ccccc21. The van der Waals surface area contributed by atoms with Gasteiger partial charge in [-0.15, -0.1) is 0 Å². The summed E-state index contributed by atoms with van der Waals surface area (Å²) in [6.07, 6.45) is 0.934. The highest BCUT2D eigenvalue weighted by molar-refractivity contribution is 6.08. The number of aromatic nitrogens is 1. The van der Waals surface area contributed by atoms with Gasteiger partial charge < -0.3 is 4.57 Å². The topological polar surface area (TPSA) is 22.0 Å². The van der Waals surface area contributed by atoms with Crippen molar-refractivity contribution in [1.29, 1.82) is 0 Å². The number of hydrogen-bond acceptors (Lipinski definition) is 1. The van der Waals surface area contributed by atoms with Gasteiger partial charge in [0.15, 0.2) is 0 Å². The summed E-state index contributed by atoms with van der Waals surface area (Å²) in [5, 5.41) is 2.50. The maximum absolute atomic E-state index is 11.3. The van der Waals surface area contributed by atoms with Gasteiger partial charge in [0.1, 0.15) is 6.29 Å². The van der Waals surface area contributed by atoms with Gasteiger partial charge in [-0.3, -0.25) is 4.79 Å². The zero-order valence-corrected chi connectivity index (χ0v) is 12.1. The number of para-hydroxylation sites is 2. The molecule has 1 aromatic heterocycles. The summed E-state index contributed by atoms with van der Waals surface area (Å²) < 4.78 is 2.28. The highest BCUT2D eigenvalue weighted by Crippen LogP contribution is 2.29. The van der Waals surface area contributed by atoms with Gasteiger partial charge in [0.25, 0.3) is 0 Å². The fourth-order valence-corrected chi connectivity index (χ4v) is 3.14. The van der Waals surface area contributed by atoms with E-state index < -0.39 is 0 Å². The van der Waals surface area contributed by atoms with Crippen molar-refractivity contribution >= 4 is 28.1 Å². The molecule has 0 bridgehead atoms. The molecule has 106 valence electrons. The van der Waals surface area contributed by atoms with Crippen LogP contribution in [0, 0.1) is 0 Å². The van der Waals surface area contributed by atoms with Gasteiger partial charge >= 0.3 is 0 Å². The number of hydrogen-bond donors (Lipinski definition) is 0. The van der Waals surface area contributed by atoms with E-state index in [1.807, 2.05) is 24.3 Å². The van der Waals surface area contributed by atoms with Crippen LogP contribution < -0.4 is 0 Å². The van der Waals surface area contributed by atoms with E-state index in [2.05, 4.69) is 53.1 Å². The summed E-state index contributed by atoms with van der Waals surface area (Å²) in [6.45, 7) is 0.697. The molecule has 0 aliphatic heterocycles. The molecule has 0 amide bonds. The molecular formula is C20H15NO. The van der Waals surface area contributed by atoms with Crippen LogP contribution in [0.25, 0.3) is 21.8 Å². The Bertz CT molecular complexity index is 928. The lowest BCUT2D eigenvalue weighted by molar-refractivity contribution is 0.112. The van der Waals surface area contributed by atoms with E-state index in [-0.39, 0.29) is 0 Å². The van der Waals surface area contributed by atoms with Gasteiger partial charge in [-0.25, -0.2) is 0 Å². The Balaban J connectivity index is 1.99. The maximum atomic E-state index is 11.3. The molecule has 4 aromatic rings. The smallest absolute Gasteiger partial charge is 0.150 e. The first kappa shape index (κ1) is 12.8. The van der Waals surface area contributed by atoms with Crippen molar-refractivity contribution in [2.75, 3.05) is 0 Å². The Morgan fingerprint density at radius 1 is 0.727 bits per heavy atom. The molecule has 2 heteroatoms. The Morgan fingerprint density at radius 2 is 1.27 bits per heavy atom. The molecule has 3 aromatic carbocycles. The van der Waals surface area contributed by atoms with Gasteiger partial charge in [0.2, 0.25) is 0 Å². The maximum Gasteiger partial charge on any atom is 0.150 e. The number of carbonyl (C=O) groups excluding carboxylic acids is 1. The van der Waals surface area contributed by atoms with Crippen LogP contribution in [0.5, 0.6) is 0 Å². The number of nitrogens with zero attached hydrogens (tertiary/aromatic N) is 1. The fraction of sp³-hybridized carbons (Fsp3) is 0.0500. The first-order valence-electron chi connectivity index (χ1n) is 7.37. The van der Waals surface area contributed by atoms with E-state index in [9.17, 15) is 4.79 Å².